The van der Waals surface area contributed by atoms with Gasteiger partial charge >= 0.3 is 18.3 Å². The lowest BCUT2D eigenvalue weighted by atomic mass is 10.1. The number of hydrogen-bond donors (Lipinski definition) is 2. The third-order valence-electron chi connectivity index (χ3n) is 5.38. The molecule has 0 atom stereocenters. The number of halogens is 6. The second-order valence-corrected chi connectivity index (χ2v) is 9.62. The van der Waals surface area contributed by atoms with Crippen LogP contribution in [0.15, 0.2) is 59.9 Å². The van der Waals surface area contributed by atoms with Crippen LogP contribution < -0.4 is 15.8 Å². The van der Waals surface area contributed by atoms with E-state index in [1.54, 1.807) is 20.8 Å². The van der Waals surface area contributed by atoms with Crippen molar-refractivity contribution in [2.75, 3.05) is 6.54 Å². The second kappa shape index (κ2) is 11.9. The van der Waals surface area contributed by atoms with Crippen LogP contribution in [0.4, 0.5) is 26.3 Å². The second-order valence-electron chi connectivity index (χ2n) is 9.62. The Hall–Kier alpha value is -4.56. The van der Waals surface area contributed by atoms with Gasteiger partial charge in [0.2, 0.25) is 5.84 Å². The van der Waals surface area contributed by atoms with Crippen LogP contribution in [-0.2, 0) is 23.0 Å². The summed E-state index contributed by atoms with van der Waals surface area (Å²) < 4.78 is 83.4. The number of nitrogens with one attached hydrogen (secondary N) is 1. The Kier molecular flexibility index (Phi) is 8.99. The van der Waals surface area contributed by atoms with E-state index in [2.05, 4.69) is 26.1 Å². The number of nitrogens with two attached hydrogens (primary N) is 1. The highest BCUT2D eigenvalue weighted by atomic mass is 19.4. The Bertz CT molecular complexity index is 1420. The van der Waals surface area contributed by atoms with Crippen molar-refractivity contribution in [3.05, 3.63) is 77.1 Å². The lowest BCUT2D eigenvalue weighted by Crippen LogP contribution is -2.33. The van der Waals surface area contributed by atoms with Crippen LogP contribution in [0.2, 0.25) is 0 Å². The topological polar surface area (TPSA) is 121 Å². The predicted octanol–water partition coefficient (Wildman–Crippen LogP) is 5.41. The monoisotopic (exact) mass is 585 g/mol. The van der Waals surface area contributed by atoms with Crippen molar-refractivity contribution in [1.82, 2.24) is 15.1 Å². The van der Waals surface area contributed by atoms with Crippen molar-refractivity contribution in [1.29, 1.82) is 0 Å². The standard InChI is InChI=1S/C26H25F6N5O4/c1-24(2,3)37-20(19(14-35-37)40-18-6-4-5-17(13-18)25(27,28)29)21(38)34-12-11-15-7-9-16(10-8-15)22(39)41-36-23(33)26(30,31)32/h4-10,13-14H,11-12H2,1-3H3,(H2,33,36)(H,34,38). The number of benzene rings is 2. The molecule has 0 saturated carbocycles. The minimum atomic E-state index is -4.94. The Morgan fingerprint density at radius 3 is 2.27 bits per heavy atom. The molecule has 3 N–H and O–H groups in total. The van der Waals surface area contributed by atoms with E-state index >= 15 is 0 Å². The van der Waals surface area contributed by atoms with E-state index in [-0.39, 0.29) is 35.7 Å². The molecule has 220 valence electrons. The number of oxime groups is 1. The summed E-state index contributed by atoms with van der Waals surface area (Å²) in [6.45, 7) is 5.44. The van der Waals surface area contributed by atoms with Gasteiger partial charge in [-0.3, -0.25) is 9.48 Å². The van der Waals surface area contributed by atoms with Crippen LogP contribution in [0.25, 0.3) is 0 Å². The Morgan fingerprint density at radius 2 is 1.68 bits per heavy atom. The summed E-state index contributed by atoms with van der Waals surface area (Å²) in [5, 5.41) is 9.46. The largest absolute Gasteiger partial charge is 0.453 e. The summed E-state index contributed by atoms with van der Waals surface area (Å²) in [6, 6.07) is 9.81. The average Bonchev–Trinajstić information content (AvgIpc) is 3.30. The molecule has 0 aliphatic rings. The first-order valence-electron chi connectivity index (χ1n) is 11.9. The zero-order valence-electron chi connectivity index (χ0n) is 21.9. The van der Waals surface area contributed by atoms with Gasteiger partial charge < -0.3 is 20.6 Å². The maximum atomic E-state index is 13.1. The first kappa shape index (κ1) is 31.0. The minimum Gasteiger partial charge on any atom is -0.453 e. The van der Waals surface area contributed by atoms with Crippen molar-refractivity contribution in [3.63, 3.8) is 0 Å². The summed E-state index contributed by atoms with van der Waals surface area (Å²) in [5.41, 5.74) is 3.65. The zero-order valence-corrected chi connectivity index (χ0v) is 21.9. The summed E-state index contributed by atoms with van der Waals surface area (Å²) in [7, 11) is 0. The molecule has 3 rings (SSSR count). The van der Waals surface area contributed by atoms with Crippen LogP contribution in [0, 0.1) is 0 Å². The van der Waals surface area contributed by atoms with Gasteiger partial charge in [-0.25, -0.2) is 4.79 Å². The fraction of sp³-hybridized carbons (Fsp3) is 0.308. The molecule has 0 aliphatic carbocycles. The van der Waals surface area contributed by atoms with Gasteiger partial charge in [0.05, 0.1) is 22.9 Å². The van der Waals surface area contributed by atoms with Crippen molar-refractivity contribution in [3.8, 4) is 11.5 Å². The van der Waals surface area contributed by atoms with Crippen LogP contribution in [0.1, 0.15) is 52.7 Å². The number of rotatable bonds is 8. The van der Waals surface area contributed by atoms with E-state index in [0.717, 1.165) is 12.1 Å². The first-order chi connectivity index (χ1) is 19.0. The third-order valence-corrected chi connectivity index (χ3v) is 5.38. The van der Waals surface area contributed by atoms with Crippen LogP contribution >= 0.6 is 0 Å². The van der Waals surface area contributed by atoms with Gasteiger partial charge in [-0.1, -0.05) is 23.4 Å². The number of hydrogen-bond acceptors (Lipinski definition) is 6. The third kappa shape index (κ3) is 8.22. The number of ether oxygens (including phenoxy) is 1. The van der Waals surface area contributed by atoms with Gasteiger partial charge in [0.15, 0.2) is 11.4 Å². The number of alkyl halides is 6. The fourth-order valence-corrected chi connectivity index (χ4v) is 3.39. The van der Waals surface area contributed by atoms with Crippen LogP contribution in [-0.4, -0.2) is 40.2 Å². The van der Waals surface area contributed by atoms with Gasteiger partial charge in [-0.05, 0) is 63.1 Å². The predicted molar refractivity (Wildman–Crippen MR) is 134 cm³/mol. The van der Waals surface area contributed by atoms with E-state index in [0.29, 0.717) is 5.56 Å². The Balaban J connectivity index is 1.68. The summed E-state index contributed by atoms with van der Waals surface area (Å²) in [4.78, 5) is 29.2. The van der Waals surface area contributed by atoms with Gasteiger partial charge in [0, 0.05) is 6.54 Å². The van der Waals surface area contributed by atoms with Crippen LogP contribution in [0.5, 0.6) is 11.5 Å². The van der Waals surface area contributed by atoms with E-state index in [1.165, 1.54) is 47.3 Å². The molecule has 3 aromatic rings. The first-order valence-corrected chi connectivity index (χ1v) is 11.9. The van der Waals surface area contributed by atoms with E-state index < -0.39 is 41.2 Å². The fourth-order valence-electron chi connectivity index (χ4n) is 3.39. The molecule has 0 saturated heterocycles. The molecule has 0 fully saturated rings. The molecule has 1 aromatic heterocycles. The molecular weight excluding hydrogens is 560 g/mol. The highest BCUT2D eigenvalue weighted by Crippen LogP contribution is 2.34. The lowest BCUT2D eigenvalue weighted by molar-refractivity contribution is -0.137. The number of carbonyl (C=O) groups is 2. The molecule has 0 bridgehead atoms. The number of amides is 1. The number of nitrogens with zero attached hydrogens (tertiary/aromatic N) is 3. The molecule has 2 aromatic carbocycles. The molecule has 41 heavy (non-hydrogen) atoms. The van der Waals surface area contributed by atoms with E-state index in [9.17, 15) is 35.9 Å². The molecular formula is C26H25F6N5O4. The smallest absolute Gasteiger partial charge is 0.452 e. The maximum absolute atomic E-state index is 13.1. The van der Waals surface area contributed by atoms with E-state index in [4.69, 9.17) is 4.74 Å². The Morgan fingerprint density at radius 1 is 1.02 bits per heavy atom. The highest BCUT2D eigenvalue weighted by Gasteiger charge is 2.35. The van der Waals surface area contributed by atoms with Crippen molar-refractivity contribution >= 4 is 17.7 Å². The summed E-state index contributed by atoms with van der Waals surface area (Å²) >= 11 is 0. The Labute approximate surface area is 229 Å². The van der Waals surface area contributed by atoms with Gasteiger partial charge in [0.25, 0.3) is 5.91 Å². The molecule has 15 heteroatoms. The van der Waals surface area contributed by atoms with E-state index in [1.807, 2.05) is 0 Å². The molecule has 1 amide bonds. The summed E-state index contributed by atoms with van der Waals surface area (Å²) in [6.07, 6.45) is -7.99. The molecule has 0 aliphatic heterocycles. The SMILES string of the molecule is CC(C)(C)n1ncc(Oc2cccc(C(F)(F)F)c2)c1C(=O)NCCc1ccc(C(=O)ON=C(N)C(F)(F)F)cc1. The zero-order chi connectivity index (χ0) is 30.6. The molecule has 0 radical (unpaired) electrons. The quantitative estimate of drug-likeness (QED) is 0.120. The molecule has 0 unspecified atom stereocenters. The lowest BCUT2D eigenvalue weighted by Gasteiger charge is -2.22. The number of aromatic nitrogens is 2. The number of amidine groups is 1. The summed E-state index contributed by atoms with van der Waals surface area (Å²) in [5.74, 6) is -3.74. The highest BCUT2D eigenvalue weighted by molar-refractivity contribution is 5.95. The normalized spacial score (nSPS) is 12.7. The molecule has 9 nitrogen and oxygen atoms in total. The molecule has 1 heterocycles. The van der Waals surface area contributed by atoms with Crippen molar-refractivity contribution in [2.24, 2.45) is 10.9 Å². The van der Waals surface area contributed by atoms with Gasteiger partial charge in [0.1, 0.15) is 5.75 Å². The average molecular weight is 586 g/mol. The minimum absolute atomic E-state index is 0.00769. The number of carbonyl (C=O) groups excluding carboxylic acids is 2. The molecule has 0 spiro atoms. The maximum Gasteiger partial charge on any atom is 0.452 e. The van der Waals surface area contributed by atoms with Crippen LogP contribution in [0.3, 0.4) is 0 Å². The van der Waals surface area contributed by atoms with Crippen molar-refractivity contribution in [2.45, 2.75) is 45.1 Å². The van der Waals surface area contributed by atoms with Gasteiger partial charge in [-0.2, -0.15) is 31.4 Å². The van der Waals surface area contributed by atoms with Crippen molar-refractivity contribution < 1.29 is 45.5 Å². The van der Waals surface area contributed by atoms with Gasteiger partial charge in [-0.15, -0.1) is 0 Å².